The summed E-state index contributed by atoms with van der Waals surface area (Å²) in [6, 6.07) is 15.5. The second-order valence-corrected chi connectivity index (χ2v) is 8.52. The van der Waals surface area contributed by atoms with Gasteiger partial charge in [-0.15, -0.1) is 11.3 Å². The molecular formula is C20H14BrClN2OS. The van der Waals surface area contributed by atoms with Crippen LogP contribution in [0.15, 0.2) is 64.1 Å². The fourth-order valence-corrected chi connectivity index (χ4v) is 4.49. The van der Waals surface area contributed by atoms with Crippen molar-refractivity contribution in [2.45, 2.75) is 13.5 Å². The third-order valence-electron chi connectivity index (χ3n) is 4.29. The van der Waals surface area contributed by atoms with Crippen LogP contribution in [0.2, 0.25) is 5.02 Å². The smallest absolute Gasteiger partial charge is 0.263 e. The quantitative estimate of drug-likeness (QED) is 0.393. The van der Waals surface area contributed by atoms with Gasteiger partial charge in [-0.2, -0.15) is 0 Å². The molecule has 0 atom stereocenters. The van der Waals surface area contributed by atoms with Gasteiger partial charge in [0.2, 0.25) is 0 Å². The van der Waals surface area contributed by atoms with E-state index >= 15 is 0 Å². The Morgan fingerprint density at radius 3 is 2.62 bits per heavy atom. The van der Waals surface area contributed by atoms with Gasteiger partial charge < -0.3 is 0 Å². The highest BCUT2D eigenvalue weighted by atomic mass is 79.9. The number of hydrogen-bond acceptors (Lipinski definition) is 3. The Bertz CT molecular complexity index is 1160. The molecular weight excluding hydrogens is 432 g/mol. The minimum Gasteiger partial charge on any atom is -0.294 e. The molecule has 0 saturated carbocycles. The normalized spacial score (nSPS) is 11.2. The summed E-state index contributed by atoms with van der Waals surface area (Å²) >= 11 is 11.3. The molecule has 0 saturated heterocycles. The number of rotatable bonds is 3. The van der Waals surface area contributed by atoms with Gasteiger partial charge >= 0.3 is 0 Å². The van der Waals surface area contributed by atoms with Crippen LogP contribution in [0.4, 0.5) is 0 Å². The average molecular weight is 446 g/mol. The third kappa shape index (κ3) is 3.11. The highest BCUT2D eigenvalue weighted by Gasteiger charge is 2.17. The van der Waals surface area contributed by atoms with Crippen LogP contribution in [0, 0.1) is 6.92 Å². The second kappa shape index (κ2) is 6.99. The summed E-state index contributed by atoms with van der Waals surface area (Å²) in [5.74, 6) is 0. The Hall–Kier alpha value is -1.95. The molecule has 2 aromatic heterocycles. The molecule has 4 rings (SSSR count). The lowest BCUT2D eigenvalue weighted by atomic mass is 10.0. The van der Waals surface area contributed by atoms with E-state index in [9.17, 15) is 4.79 Å². The zero-order chi connectivity index (χ0) is 18.3. The molecule has 4 aromatic rings. The van der Waals surface area contributed by atoms with Gasteiger partial charge in [-0.25, -0.2) is 4.98 Å². The van der Waals surface area contributed by atoms with Gasteiger partial charge in [0.15, 0.2) is 0 Å². The lowest BCUT2D eigenvalue weighted by Crippen LogP contribution is -2.21. The van der Waals surface area contributed by atoms with Crippen LogP contribution < -0.4 is 5.56 Å². The van der Waals surface area contributed by atoms with Crippen molar-refractivity contribution in [2.24, 2.45) is 0 Å². The first-order chi connectivity index (χ1) is 12.5. The Morgan fingerprint density at radius 2 is 1.88 bits per heavy atom. The Morgan fingerprint density at radius 1 is 1.15 bits per heavy atom. The molecule has 0 N–H and O–H groups in total. The summed E-state index contributed by atoms with van der Waals surface area (Å²) in [7, 11) is 0. The standard InChI is InChI=1S/C20H14BrClN2OS/c1-12-17(13-6-8-15(21)9-7-13)18-19(26-12)23-11-24(20(18)25)10-14-4-2-3-5-16(14)22/h2-9,11H,10H2,1H3. The van der Waals surface area contributed by atoms with Crippen molar-refractivity contribution < 1.29 is 0 Å². The Kier molecular flexibility index (Phi) is 4.69. The number of hydrogen-bond donors (Lipinski definition) is 0. The van der Waals surface area contributed by atoms with Crippen LogP contribution in [0.5, 0.6) is 0 Å². The van der Waals surface area contributed by atoms with Crippen molar-refractivity contribution in [2.75, 3.05) is 0 Å². The fraction of sp³-hybridized carbons (Fsp3) is 0.100. The zero-order valence-electron chi connectivity index (χ0n) is 13.9. The van der Waals surface area contributed by atoms with E-state index in [1.807, 2.05) is 55.5 Å². The van der Waals surface area contributed by atoms with E-state index in [0.29, 0.717) is 17.0 Å². The van der Waals surface area contributed by atoms with E-state index in [1.165, 1.54) is 0 Å². The monoisotopic (exact) mass is 444 g/mol. The summed E-state index contributed by atoms with van der Waals surface area (Å²) < 4.78 is 2.63. The van der Waals surface area contributed by atoms with Gasteiger partial charge in [-0.05, 0) is 36.2 Å². The van der Waals surface area contributed by atoms with Crippen LogP contribution in [-0.4, -0.2) is 9.55 Å². The number of thiophene rings is 1. The van der Waals surface area contributed by atoms with Crippen molar-refractivity contribution in [3.63, 3.8) is 0 Å². The minimum atomic E-state index is -0.0443. The van der Waals surface area contributed by atoms with Crippen LogP contribution in [0.25, 0.3) is 21.3 Å². The van der Waals surface area contributed by atoms with Crippen molar-refractivity contribution in [3.05, 3.63) is 85.1 Å². The first-order valence-electron chi connectivity index (χ1n) is 8.02. The molecule has 0 aliphatic heterocycles. The number of halogens is 2. The Labute approximate surface area is 168 Å². The SMILES string of the molecule is Cc1sc2ncn(Cc3ccccc3Cl)c(=O)c2c1-c1ccc(Br)cc1. The predicted octanol–water partition coefficient (Wildman–Crippen LogP) is 5.90. The van der Waals surface area contributed by atoms with Gasteiger partial charge in [0.25, 0.3) is 5.56 Å². The van der Waals surface area contributed by atoms with Gasteiger partial charge in [0.1, 0.15) is 4.83 Å². The summed E-state index contributed by atoms with van der Waals surface area (Å²) in [4.78, 5) is 19.6. The molecule has 0 amide bonds. The number of benzene rings is 2. The van der Waals surface area contributed by atoms with E-state index in [-0.39, 0.29) is 5.56 Å². The Balaban J connectivity index is 1.89. The lowest BCUT2D eigenvalue weighted by molar-refractivity contribution is 0.749. The highest BCUT2D eigenvalue weighted by molar-refractivity contribution is 9.10. The van der Waals surface area contributed by atoms with Crippen LogP contribution >= 0.6 is 38.9 Å². The third-order valence-corrected chi connectivity index (χ3v) is 6.20. The summed E-state index contributed by atoms with van der Waals surface area (Å²) in [6.45, 7) is 2.43. The molecule has 2 aromatic carbocycles. The minimum absolute atomic E-state index is 0.0443. The average Bonchev–Trinajstić information content (AvgIpc) is 2.97. The predicted molar refractivity (Wildman–Crippen MR) is 112 cm³/mol. The zero-order valence-corrected chi connectivity index (χ0v) is 17.0. The number of nitrogens with zero attached hydrogens (tertiary/aromatic N) is 2. The van der Waals surface area contributed by atoms with Gasteiger partial charge in [0.05, 0.1) is 18.3 Å². The van der Waals surface area contributed by atoms with Gasteiger partial charge in [0, 0.05) is 19.9 Å². The number of fused-ring (bicyclic) bond motifs is 1. The first-order valence-corrected chi connectivity index (χ1v) is 10.0. The highest BCUT2D eigenvalue weighted by Crippen LogP contribution is 2.35. The van der Waals surface area contributed by atoms with Crippen molar-refractivity contribution in [1.82, 2.24) is 9.55 Å². The lowest BCUT2D eigenvalue weighted by Gasteiger charge is -2.08. The van der Waals surface area contributed by atoms with E-state index in [4.69, 9.17) is 11.6 Å². The van der Waals surface area contributed by atoms with E-state index in [0.717, 1.165) is 30.9 Å². The van der Waals surface area contributed by atoms with Crippen LogP contribution in [-0.2, 0) is 6.54 Å². The molecule has 0 fully saturated rings. The maximum atomic E-state index is 13.2. The maximum absolute atomic E-state index is 13.2. The molecule has 3 nitrogen and oxygen atoms in total. The second-order valence-electron chi connectivity index (χ2n) is 5.99. The van der Waals surface area contributed by atoms with Crippen molar-refractivity contribution in [1.29, 1.82) is 0 Å². The molecule has 0 spiro atoms. The summed E-state index contributed by atoms with van der Waals surface area (Å²) in [5.41, 5.74) is 2.83. The maximum Gasteiger partial charge on any atom is 0.263 e. The summed E-state index contributed by atoms with van der Waals surface area (Å²) in [5, 5.41) is 1.32. The molecule has 2 heterocycles. The van der Waals surface area contributed by atoms with E-state index < -0.39 is 0 Å². The van der Waals surface area contributed by atoms with Gasteiger partial charge in [-0.3, -0.25) is 9.36 Å². The molecule has 0 aliphatic rings. The first kappa shape index (κ1) is 17.5. The molecule has 6 heteroatoms. The molecule has 0 bridgehead atoms. The number of aromatic nitrogens is 2. The molecule has 26 heavy (non-hydrogen) atoms. The largest absolute Gasteiger partial charge is 0.294 e. The molecule has 130 valence electrons. The molecule has 0 unspecified atom stereocenters. The summed E-state index contributed by atoms with van der Waals surface area (Å²) in [6.07, 6.45) is 1.61. The van der Waals surface area contributed by atoms with Crippen molar-refractivity contribution in [3.8, 4) is 11.1 Å². The molecule has 0 radical (unpaired) electrons. The van der Waals surface area contributed by atoms with Gasteiger partial charge in [-0.1, -0.05) is 57.9 Å². The van der Waals surface area contributed by atoms with E-state index in [1.54, 1.807) is 22.2 Å². The van der Waals surface area contributed by atoms with Crippen LogP contribution in [0.1, 0.15) is 10.4 Å². The van der Waals surface area contributed by atoms with Crippen molar-refractivity contribution >= 4 is 49.1 Å². The molecule has 0 aliphatic carbocycles. The topological polar surface area (TPSA) is 34.9 Å². The van der Waals surface area contributed by atoms with E-state index in [2.05, 4.69) is 20.9 Å². The van der Waals surface area contributed by atoms with Crippen LogP contribution in [0.3, 0.4) is 0 Å². The fourth-order valence-electron chi connectivity index (χ4n) is 3.02. The number of aryl methyl sites for hydroxylation is 1.